The van der Waals surface area contributed by atoms with Gasteiger partial charge in [-0.3, -0.25) is 4.68 Å². The lowest BCUT2D eigenvalue weighted by molar-refractivity contribution is 0.529. The van der Waals surface area contributed by atoms with Gasteiger partial charge in [-0.2, -0.15) is 5.10 Å². The molecule has 0 radical (unpaired) electrons. The number of para-hydroxylation sites is 1. The molecule has 0 atom stereocenters. The minimum atomic E-state index is 0.587. The summed E-state index contributed by atoms with van der Waals surface area (Å²) in [6.45, 7) is 5.84. The average Bonchev–Trinajstić information content (AvgIpc) is 3.02. The number of aryl methyl sites for hydroxylation is 5. The van der Waals surface area contributed by atoms with Crippen LogP contribution in [0, 0.1) is 13.8 Å². The summed E-state index contributed by atoms with van der Waals surface area (Å²) >= 11 is 5.92. The molecule has 0 amide bonds. The summed E-state index contributed by atoms with van der Waals surface area (Å²) < 4.78 is 4.24. The Balaban J connectivity index is 1.95. The Labute approximate surface area is 129 Å². The summed E-state index contributed by atoms with van der Waals surface area (Å²) in [5, 5.41) is 4.35. The smallest absolute Gasteiger partial charge is 0.111 e. The van der Waals surface area contributed by atoms with Gasteiger partial charge in [0.05, 0.1) is 23.8 Å². The number of nitrogens with zero attached hydrogens (tertiary/aromatic N) is 4. The first kappa shape index (κ1) is 14.1. The predicted octanol–water partition coefficient (Wildman–Crippen LogP) is 3.33. The molecule has 0 aliphatic rings. The lowest BCUT2D eigenvalue weighted by atomic mass is 10.2. The molecular weight excluding hydrogens is 284 g/mol. The summed E-state index contributed by atoms with van der Waals surface area (Å²) in [4.78, 5) is 4.77. The number of alkyl halides is 1. The second kappa shape index (κ2) is 5.90. The normalized spacial score (nSPS) is 11.4. The SMILES string of the molecule is Cc1cnn(CCn2c(CCCl)nc3c(C)cccc32)c1. The molecular formula is C16H19ClN4. The number of fused-ring (bicyclic) bond motifs is 1. The summed E-state index contributed by atoms with van der Waals surface area (Å²) in [7, 11) is 0. The first-order chi connectivity index (χ1) is 10.2. The van der Waals surface area contributed by atoms with Gasteiger partial charge in [-0.1, -0.05) is 12.1 Å². The van der Waals surface area contributed by atoms with Gasteiger partial charge in [0.25, 0.3) is 0 Å². The molecule has 0 saturated heterocycles. The molecule has 4 nitrogen and oxygen atoms in total. The van der Waals surface area contributed by atoms with Crippen LogP contribution >= 0.6 is 11.6 Å². The number of hydrogen-bond donors (Lipinski definition) is 0. The van der Waals surface area contributed by atoms with Gasteiger partial charge in [0.2, 0.25) is 0 Å². The van der Waals surface area contributed by atoms with Crippen molar-refractivity contribution in [3.8, 4) is 0 Å². The predicted molar refractivity (Wildman–Crippen MR) is 85.9 cm³/mol. The Morgan fingerprint density at radius 1 is 1.19 bits per heavy atom. The summed E-state index contributed by atoms with van der Waals surface area (Å²) in [6, 6.07) is 6.31. The zero-order valence-corrected chi connectivity index (χ0v) is 13.1. The van der Waals surface area contributed by atoms with Crippen LogP contribution in [0.5, 0.6) is 0 Å². The number of aromatic nitrogens is 4. The van der Waals surface area contributed by atoms with Crippen LogP contribution in [0.3, 0.4) is 0 Å². The molecule has 21 heavy (non-hydrogen) atoms. The largest absolute Gasteiger partial charge is 0.326 e. The summed E-state index contributed by atoms with van der Waals surface area (Å²) in [5.41, 5.74) is 4.65. The van der Waals surface area contributed by atoms with Crippen LogP contribution in [0.25, 0.3) is 11.0 Å². The lowest BCUT2D eigenvalue weighted by Gasteiger charge is -2.09. The van der Waals surface area contributed by atoms with Crippen molar-refractivity contribution in [2.75, 3.05) is 5.88 Å². The third kappa shape index (κ3) is 2.81. The topological polar surface area (TPSA) is 35.6 Å². The molecule has 110 valence electrons. The van der Waals surface area contributed by atoms with Crippen molar-refractivity contribution in [1.29, 1.82) is 0 Å². The number of rotatable bonds is 5. The van der Waals surface area contributed by atoms with Gasteiger partial charge in [0, 0.05) is 25.0 Å². The quantitative estimate of drug-likeness (QED) is 0.678. The molecule has 1 aromatic carbocycles. The zero-order valence-electron chi connectivity index (χ0n) is 12.4. The molecule has 2 heterocycles. The van der Waals surface area contributed by atoms with Gasteiger partial charge < -0.3 is 4.57 Å². The fourth-order valence-corrected chi connectivity index (χ4v) is 2.82. The molecule has 0 fully saturated rings. The Bertz CT molecular complexity index is 757. The number of imidazole rings is 1. The molecule has 0 aliphatic carbocycles. The van der Waals surface area contributed by atoms with Crippen LogP contribution in [0.15, 0.2) is 30.6 Å². The molecule has 0 unspecified atom stereocenters. The molecule has 3 rings (SSSR count). The maximum atomic E-state index is 5.92. The van der Waals surface area contributed by atoms with Crippen LogP contribution < -0.4 is 0 Å². The van der Waals surface area contributed by atoms with Crippen molar-refractivity contribution < 1.29 is 0 Å². The van der Waals surface area contributed by atoms with E-state index in [-0.39, 0.29) is 0 Å². The van der Waals surface area contributed by atoms with Crippen LogP contribution in [-0.4, -0.2) is 25.2 Å². The van der Waals surface area contributed by atoms with Crippen molar-refractivity contribution in [2.24, 2.45) is 0 Å². The highest BCUT2D eigenvalue weighted by atomic mass is 35.5. The highest BCUT2D eigenvalue weighted by Crippen LogP contribution is 2.20. The molecule has 3 aromatic rings. The maximum Gasteiger partial charge on any atom is 0.111 e. The van der Waals surface area contributed by atoms with Crippen LogP contribution in [0.4, 0.5) is 0 Å². The van der Waals surface area contributed by atoms with E-state index in [1.54, 1.807) is 0 Å². The Hall–Kier alpha value is -1.81. The third-order valence-corrected chi connectivity index (χ3v) is 3.88. The molecule has 0 bridgehead atoms. The number of halogens is 1. The Morgan fingerprint density at radius 2 is 2.05 bits per heavy atom. The number of hydrogen-bond acceptors (Lipinski definition) is 2. The van der Waals surface area contributed by atoms with Gasteiger partial charge in [-0.05, 0) is 31.0 Å². The van der Waals surface area contributed by atoms with E-state index in [1.807, 2.05) is 10.9 Å². The average molecular weight is 303 g/mol. The third-order valence-electron chi connectivity index (χ3n) is 3.69. The fraction of sp³-hybridized carbons (Fsp3) is 0.375. The number of benzene rings is 1. The van der Waals surface area contributed by atoms with E-state index >= 15 is 0 Å². The second-order valence-electron chi connectivity index (χ2n) is 5.34. The van der Waals surface area contributed by atoms with E-state index in [4.69, 9.17) is 16.6 Å². The van der Waals surface area contributed by atoms with Gasteiger partial charge in [0.15, 0.2) is 0 Å². The standard InChI is InChI=1S/C16H19ClN4/c1-12-10-18-20(11-12)8-9-21-14-5-3-4-13(2)16(14)19-15(21)6-7-17/h3-5,10-11H,6-9H2,1-2H3. The molecule has 0 aliphatic heterocycles. The minimum absolute atomic E-state index is 0.587. The first-order valence-corrected chi connectivity index (χ1v) is 7.72. The van der Waals surface area contributed by atoms with E-state index in [0.29, 0.717) is 5.88 Å². The molecule has 2 aromatic heterocycles. The molecule has 0 spiro atoms. The van der Waals surface area contributed by atoms with Crippen molar-refractivity contribution in [3.63, 3.8) is 0 Å². The summed E-state index contributed by atoms with van der Waals surface area (Å²) in [5.74, 6) is 1.64. The van der Waals surface area contributed by atoms with Gasteiger partial charge in [-0.25, -0.2) is 4.98 Å². The van der Waals surface area contributed by atoms with E-state index in [9.17, 15) is 0 Å². The Morgan fingerprint density at radius 3 is 2.76 bits per heavy atom. The summed E-state index contributed by atoms with van der Waals surface area (Å²) in [6.07, 6.45) is 4.73. The first-order valence-electron chi connectivity index (χ1n) is 7.19. The zero-order chi connectivity index (χ0) is 14.8. The van der Waals surface area contributed by atoms with Gasteiger partial charge in [0.1, 0.15) is 5.82 Å². The van der Waals surface area contributed by atoms with Crippen molar-refractivity contribution in [3.05, 3.63) is 47.5 Å². The van der Waals surface area contributed by atoms with Crippen molar-refractivity contribution in [2.45, 2.75) is 33.4 Å². The Kier molecular flexibility index (Phi) is 3.97. The highest BCUT2D eigenvalue weighted by Gasteiger charge is 2.11. The monoisotopic (exact) mass is 302 g/mol. The van der Waals surface area contributed by atoms with Crippen molar-refractivity contribution in [1.82, 2.24) is 19.3 Å². The molecule has 0 N–H and O–H groups in total. The van der Waals surface area contributed by atoms with E-state index in [2.05, 4.69) is 47.9 Å². The van der Waals surface area contributed by atoms with E-state index in [0.717, 1.165) is 30.9 Å². The molecule has 5 heteroatoms. The van der Waals surface area contributed by atoms with Crippen LogP contribution in [0.1, 0.15) is 17.0 Å². The van der Waals surface area contributed by atoms with Gasteiger partial charge in [-0.15, -0.1) is 11.6 Å². The molecule has 0 saturated carbocycles. The minimum Gasteiger partial charge on any atom is -0.326 e. The van der Waals surface area contributed by atoms with Gasteiger partial charge >= 0.3 is 0 Å². The van der Waals surface area contributed by atoms with E-state index < -0.39 is 0 Å². The van der Waals surface area contributed by atoms with E-state index in [1.165, 1.54) is 16.6 Å². The van der Waals surface area contributed by atoms with Crippen molar-refractivity contribution >= 4 is 22.6 Å². The van der Waals surface area contributed by atoms with Crippen LogP contribution in [0.2, 0.25) is 0 Å². The maximum absolute atomic E-state index is 5.92. The second-order valence-corrected chi connectivity index (χ2v) is 5.72. The highest BCUT2D eigenvalue weighted by molar-refractivity contribution is 6.17. The lowest BCUT2D eigenvalue weighted by Crippen LogP contribution is -2.11. The fourth-order valence-electron chi connectivity index (χ4n) is 2.65. The van der Waals surface area contributed by atoms with Crippen LogP contribution in [-0.2, 0) is 19.5 Å².